The first kappa shape index (κ1) is 14.8. The molecular weight excluding hydrogens is 218 g/mol. The van der Waals surface area contributed by atoms with E-state index in [1.807, 2.05) is 19.0 Å². The van der Waals surface area contributed by atoms with Crippen molar-refractivity contribution in [1.82, 2.24) is 9.21 Å². The monoisotopic (exact) mass is 239 g/mol. The Morgan fingerprint density at radius 2 is 1.80 bits per heavy atom. The largest absolute Gasteiger partial charge is 0.383 e. The van der Waals surface area contributed by atoms with Crippen LogP contribution in [0.15, 0.2) is 0 Å². The van der Waals surface area contributed by atoms with E-state index >= 15 is 0 Å². The van der Waals surface area contributed by atoms with E-state index in [1.54, 1.807) is 0 Å². The second-order valence-electron chi connectivity index (χ2n) is 3.59. The smallest absolute Gasteiger partial charge is 0.276 e. The van der Waals surface area contributed by atoms with Crippen molar-refractivity contribution < 1.29 is 13.2 Å². The zero-order valence-corrected chi connectivity index (χ0v) is 10.5. The lowest BCUT2D eigenvalue weighted by Gasteiger charge is -2.19. The molecule has 0 aromatic rings. The molecule has 0 aliphatic carbocycles. The van der Waals surface area contributed by atoms with Crippen molar-refractivity contribution in [3.05, 3.63) is 0 Å². The molecule has 0 aliphatic heterocycles. The molecule has 0 unspecified atom stereocenters. The molecule has 0 bridgehead atoms. The van der Waals surface area contributed by atoms with Gasteiger partial charge in [-0.15, -0.1) is 0 Å². The van der Waals surface area contributed by atoms with E-state index in [4.69, 9.17) is 9.88 Å². The molecule has 0 aliphatic rings. The first-order chi connectivity index (χ1) is 6.88. The molecule has 0 aromatic carbocycles. The Morgan fingerprint density at radius 3 is 2.20 bits per heavy atom. The number of nitrogens with two attached hydrogens (primary N) is 1. The van der Waals surface area contributed by atoms with E-state index in [-0.39, 0.29) is 0 Å². The fourth-order valence-electron chi connectivity index (χ4n) is 1.12. The molecule has 0 fully saturated rings. The van der Waals surface area contributed by atoms with Gasteiger partial charge in [0.2, 0.25) is 0 Å². The van der Waals surface area contributed by atoms with Gasteiger partial charge in [0, 0.05) is 20.2 Å². The molecular formula is C8H21N3O3S. The van der Waals surface area contributed by atoms with Gasteiger partial charge in [-0.25, -0.2) is 5.14 Å². The predicted molar refractivity (Wildman–Crippen MR) is 59.7 cm³/mol. The van der Waals surface area contributed by atoms with Gasteiger partial charge in [-0.1, -0.05) is 0 Å². The third-order valence-electron chi connectivity index (χ3n) is 1.92. The third kappa shape index (κ3) is 7.69. The summed E-state index contributed by atoms with van der Waals surface area (Å²) < 4.78 is 28.4. The number of hydrogen-bond donors (Lipinski definition) is 1. The molecule has 0 amide bonds. The van der Waals surface area contributed by atoms with Crippen molar-refractivity contribution in [1.29, 1.82) is 0 Å². The topological polar surface area (TPSA) is 75.9 Å². The molecule has 0 saturated carbocycles. The van der Waals surface area contributed by atoms with Gasteiger partial charge in [0.25, 0.3) is 10.2 Å². The highest BCUT2D eigenvalue weighted by molar-refractivity contribution is 7.86. The molecule has 92 valence electrons. The fourth-order valence-corrected chi connectivity index (χ4v) is 1.84. The van der Waals surface area contributed by atoms with E-state index in [0.29, 0.717) is 19.7 Å². The van der Waals surface area contributed by atoms with Gasteiger partial charge >= 0.3 is 0 Å². The number of hydrogen-bond acceptors (Lipinski definition) is 4. The number of ether oxygens (including phenoxy) is 1. The highest BCUT2D eigenvalue weighted by Crippen LogP contribution is 1.97. The SMILES string of the molecule is COCCN(CCCN(C)C)S(N)(=O)=O. The van der Waals surface area contributed by atoms with Crippen molar-refractivity contribution in [2.75, 3.05) is 47.4 Å². The molecule has 2 N–H and O–H groups in total. The summed E-state index contributed by atoms with van der Waals surface area (Å²) in [5.74, 6) is 0. The molecule has 0 aromatic heterocycles. The highest BCUT2D eigenvalue weighted by atomic mass is 32.2. The van der Waals surface area contributed by atoms with Crippen LogP contribution in [0.2, 0.25) is 0 Å². The summed E-state index contributed by atoms with van der Waals surface area (Å²) in [4.78, 5) is 2.00. The van der Waals surface area contributed by atoms with Crippen LogP contribution in [0.1, 0.15) is 6.42 Å². The zero-order valence-electron chi connectivity index (χ0n) is 9.64. The van der Waals surface area contributed by atoms with Gasteiger partial charge in [-0.2, -0.15) is 12.7 Å². The lowest BCUT2D eigenvalue weighted by atomic mass is 10.4. The maximum Gasteiger partial charge on any atom is 0.276 e. The predicted octanol–water partition coefficient (Wildman–Crippen LogP) is -0.910. The average molecular weight is 239 g/mol. The van der Waals surface area contributed by atoms with Crippen LogP contribution in [0.3, 0.4) is 0 Å². The van der Waals surface area contributed by atoms with E-state index in [0.717, 1.165) is 13.0 Å². The Bertz CT molecular complexity index is 254. The van der Waals surface area contributed by atoms with Gasteiger partial charge in [-0.05, 0) is 27.1 Å². The first-order valence-corrected chi connectivity index (χ1v) is 6.29. The van der Waals surface area contributed by atoms with Crippen LogP contribution in [-0.4, -0.2) is 65.1 Å². The molecule has 6 nitrogen and oxygen atoms in total. The molecule has 0 heterocycles. The summed E-state index contributed by atoms with van der Waals surface area (Å²) in [5, 5.41) is 5.07. The summed E-state index contributed by atoms with van der Waals surface area (Å²) >= 11 is 0. The normalized spacial score (nSPS) is 12.7. The maximum absolute atomic E-state index is 11.1. The summed E-state index contributed by atoms with van der Waals surface area (Å²) in [6.45, 7) is 1.93. The van der Waals surface area contributed by atoms with Crippen LogP contribution in [0.4, 0.5) is 0 Å². The highest BCUT2D eigenvalue weighted by Gasteiger charge is 2.15. The van der Waals surface area contributed by atoms with E-state index in [9.17, 15) is 8.42 Å². The van der Waals surface area contributed by atoms with Crippen LogP contribution in [-0.2, 0) is 14.9 Å². The second kappa shape index (κ2) is 7.13. The standard InChI is InChI=1S/C8H21N3O3S/c1-10(2)5-4-6-11(7-8-14-3)15(9,12)13/h4-8H2,1-3H3,(H2,9,12,13). The molecule has 15 heavy (non-hydrogen) atoms. The Kier molecular flexibility index (Phi) is 7.03. The summed E-state index contributed by atoms with van der Waals surface area (Å²) in [6.07, 6.45) is 0.757. The molecule has 0 atom stereocenters. The van der Waals surface area contributed by atoms with Crippen molar-refractivity contribution in [3.63, 3.8) is 0 Å². The number of rotatable bonds is 8. The summed E-state index contributed by atoms with van der Waals surface area (Å²) in [5.41, 5.74) is 0. The minimum absolute atomic E-state index is 0.308. The lowest BCUT2D eigenvalue weighted by Crippen LogP contribution is -2.40. The van der Waals surface area contributed by atoms with Crippen LogP contribution in [0.5, 0.6) is 0 Å². The quantitative estimate of drug-likeness (QED) is 0.595. The minimum Gasteiger partial charge on any atom is -0.383 e. The lowest BCUT2D eigenvalue weighted by molar-refractivity contribution is 0.177. The van der Waals surface area contributed by atoms with Gasteiger partial charge in [0.15, 0.2) is 0 Å². The summed E-state index contributed by atoms with van der Waals surface area (Å²) in [7, 11) is 1.81. The van der Waals surface area contributed by atoms with E-state index in [2.05, 4.69) is 0 Å². The van der Waals surface area contributed by atoms with Gasteiger partial charge in [0.1, 0.15) is 0 Å². The van der Waals surface area contributed by atoms with Crippen LogP contribution >= 0.6 is 0 Å². The van der Waals surface area contributed by atoms with Crippen LogP contribution in [0, 0.1) is 0 Å². The van der Waals surface area contributed by atoms with Gasteiger partial charge in [0.05, 0.1) is 6.61 Å². The first-order valence-electron chi connectivity index (χ1n) is 4.79. The van der Waals surface area contributed by atoms with E-state index in [1.165, 1.54) is 11.4 Å². The molecule has 0 radical (unpaired) electrons. The maximum atomic E-state index is 11.1. The van der Waals surface area contributed by atoms with Gasteiger partial charge in [-0.3, -0.25) is 0 Å². The Labute approximate surface area is 92.2 Å². The van der Waals surface area contributed by atoms with Crippen LogP contribution in [0.25, 0.3) is 0 Å². The molecule has 0 spiro atoms. The van der Waals surface area contributed by atoms with E-state index < -0.39 is 10.2 Å². The second-order valence-corrected chi connectivity index (χ2v) is 5.14. The minimum atomic E-state index is -3.60. The Morgan fingerprint density at radius 1 is 1.20 bits per heavy atom. The Balaban J connectivity index is 4.03. The summed E-state index contributed by atoms with van der Waals surface area (Å²) in [6, 6.07) is 0. The van der Waals surface area contributed by atoms with Crippen molar-refractivity contribution in [2.24, 2.45) is 5.14 Å². The van der Waals surface area contributed by atoms with Crippen molar-refractivity contribution >= 4 is 10.2 Å². The molecule has 0 saturated heterocycles. The van der Waals surface area contributed by atoms with Crippen LogP contribution < -0.4 is 5.14 Å². The third-order valence-corrected chi connectivity index (χ3v) is 3.00. The van der Waals surface area contributed by atoms with Crippen molar-refractivity contribution in [2.45, 2.75) is 6.42 Å². The number of nitrogens with zero attached hydrogens (tertiary/aromatic N) is 2. The average Bonchev–Trinajstić information content (AvgIpc) is 2.08. The zero-order chi connectivity index (χ0) is 11.9. The van der Waals surface area contributed by atoms with Crippen molar-refractivity contribution in [3.8, 4) is 0 Å². The number of methoxy groups -OCH3 is 1. The molecule has 0 rings (SSSR count). The fraction of sp³-hybridized carbons (Fsp3) is 1.00. The Hall–Kier alpha value is -0.210. The van der Waals surface area contributed by atoms with Gasteiger partial charge < -0.3 is 9.64 Å². The molecule has 7 heteroatoms.